The molecule has 2 atom stereocenters. The molecule has 2 aromatic rings. The van der Waals surface area contributed by atoms with E-state index in [1.54, 1.807) is 37.5 Å². The van der Waals surface area contributed by atoms with E-state index in [0.29, 0.717) is 12.2 Å². The minimum atomic E-state index is -1.05. The van der Waals surface area contributed by atoms with Crippen LogP contribution >= 0.6 is 0 Å². The molecule has 0 radical (unpaired) electrons. The first kappa shape index (κ1) is 15.7. The zero-order valence-corrected chi connectivity index (χ0v) is 12.4. The molecule has 0 aromatic carbocycles. The number of hydrogen-bond acceptors (Lipinski definition) is 4. The number of carboxylic acid groups (broad SMARTS) is 1. The number of carboxylic acids is 1. The minimum Gasteiger partial charge on any atom is -0.480 e. The van der Waals surface area contributed by atoms with Crippen molar-refractivity contribution in [1.29, 1.82) is 0 Å². The predicted molar refractivity (Wildman–Crippen MR) is 79.7 cm³/mol. The van der Waals surface area contributed by atoms with Crippen molar-refractivity contribution >= 4 is 11.9 Å². The summed E-state index contributed by atoms with van der Waals surface area (Å²) < 4.78 is 1.53. The lowest BCUT2D eigenvalue weighted by atomic mass is 9.99. The van der Waals surface area contributed by atoms with E-state index in [2.05, 4.69) is 15.4 Å². The molecule has 2 heterocycles. The number of carbonyl (C=O) groups excluding carboxylic acids is 1. The zero-order chi connectivity index (χ0) is 16.1. The Hall–Kier alpha value is -2.70. The van der Waals surface area contributed by atoms with E-state index in [9.17, 15) is 14.7 Å². The third-order valence-electron chi connectivity index (χ3n) is 3.47. The van der Waals surface area contributed by atoms with Crippen molar-refractivity contribution < 1.29 is 14.7 Å². The summed E-state index contributed by atoms with van der Waals surface area (Å²) in [5, 5.41) is 15.8. The molecule has 0 saturated carbocycles. The van der Waals surface area contributed by atoms with Gasteiger partial charge in [-0.05, 0) is 24.1 Å². The third kappa shape index (κ3) is 3.49. The van der Waals surface area contributed by atoms with Gasteiger partial charge in [0.05, 0.1) is 0 Å². The average molecular weight is 302 g/mol. The van der Waals surface area contributed by atoms with Gasteiger partial charge in [0.2, 0.25) is 0 Å². The van der Waals surface area contributed by atoms with Crippen LogP contribution in [0, 0.1) is 5.92 Å². The number of rotatable bonds is 6. The number of nitrogens with zero attached hydrogens (tertiary/aromatic N) is 3. The lowest BCUT2D eigenvalue weighted by Gasteiger charge is -2.19. The Labute approximate surface area is 128 Å². The van der Waals surface area contributed by atoms with Gasteiger partial charge in [0.15, 0.2) is 5.82 Å². The second-order valence-electron chi connectivity index (χ2n) is 5.01. The first-order valence-corrected chi connectivity index (χ1v) is 7.03. The number of aliphatic carboxylic acids is 1. The number of amides is 1. The molecular weight excluding hydrogens is 284 g/mol. The Kier molecular flexibility index (Phi) is 4.88. The highest BCUT2D eigenvalue weighted by Gasteiger charge is 2.26. The molecule has 1 amide bonds. The number of pyridine rings is 1. The van der Waals surface area contributed by atoms with E-state index in [1.165, 1.54) is 10.7 Å². The van der Waals surface area contributed by atoms with Gasteiger partial charge in [-0.2, -0.15) is 5.10 Å². The van der Waals surface area contributed by atoms with Crippen LogP contribution in [0.15, 0.2) is 36.7 Å². The summed E-state index contributed by atoms with van der Waals surface area (Å²) in [6, 6.07) is 5.74. The molecule has 7 heteroatoms. The molecule has 0 unspecified atom stereocenters. The van der Waals surface area contributed by atoms with Crippen LogP contribution in [0.1, 0.15) is 30.8 Å². The van der Waals surface area contributed by atoms with Gasteiger partial charge >= 0.3 is 5.97 Å². The highest BCUT2D eigenvalue weighted by molar-refractivity contribution is 5.95. The molecule has 116 valence electrons. The molecule has 0 saturated heterocycles. The van der Waals surface area contributed by atoms with Crippen LogP contribution in [-0.2, 0) is 4.79 Å². The average Bonchev–Trinajstić information content (AvgIpc) is 3.06. The Bertz CT molecular complexity index is 655. The van der Waals surface area contributed by atoms with Crippen LogP contribution < -0.4 is 5.32 Å². The quantitative estimate of drug-likeness (QED) is 0.842. The summed E-state index contributed by atoms with van der Waals surface area (Å²) in [4.78, 5) is 27.7. The molecule has 0 fully saturated rings. The lowest BCUT2D eigenvalue weighted by Crippen LogP contribution is -2.45. The van der Waals surface area contributed by atoms with Crippen LogP contribution in [0.25, 0.3) is 5.82 Å². The van der Waals surface area contributed by atoms with E-state index >= 15 is 0 Å². The summed E-state index contributed by atoms with van der Waals surface area (Å²) in [6.07, 6.45) is 3.97. The molecule has 22 heavy (non-hydrogen) atoms. The van der Waals surface area contributed by atoms with Crippen LogP contribution in [-0.4, -0.2) is 37.8 Å². The van der Waals surface area contributed by atoms with Gasteiger partial charge < -0.3 is 10.4 Å². The smallest absolute Gasteiger partial charge is 0.326 e. The van der Waals surface area contributed by atoms with E-state index in [0.717, 1.165) is 0 Å². The summed E-state index contributed by atoms with van der Waals surface area (Å²) in [5.41, 5.74) is 0.155. The topological polar surface area (TPSA) is 97.1 Å². The Morgan fingerprint density at radius 1 is 1.36 bits per heavy atom. The van der Waals surface area contributed by atoms with E-state index in [1.807, 2.05) is 6.92 Å². The number of nitrogens with one attached hydrogen (secondary N) is 1. The fourth-order valence-electron chi connectivity index (χ4n) is 1.98. The second-order valence-corrected chi connectivity index (χ2v) is 5.01. The molecular formula is C15H18N4O3. The van der Waals surface area contributed by atoms with Gasteiger partial charge in [-0.1, -0.05) is 26.3 Å². The number of hydrogen-bond donors (Lipinski definition) is 2. The van der Waals surface area contributed by atoms with Crippen LogP contribution in [0.5, 0.6) is 0 Å². The van der Waals surface area contributed by atoms with Crippen LogP contribution in [0.2, 0.25) is 0 Å². The van der Waals surface area contributed by atoms with Gasteiger partial charge in [0, 0.05) is 12.4 Å². The monoisotopic (exact) mass is 302 g/mol. The van der Waals surface area contributed by atoms with Crippen LogP contribution in [0.4, 0.5) is 0 Å². The number of carbonyl (C=O) groups is 2. The first-order chi connectivity index (χ1) is 10.5. The molecule has 0 spiro atoms. The lowest BCUT2D eigenvalue weighted by molar-refractivity contribution is -0.140. The van der Waals surface area contributed by atoms with E-state index < -0.39 is 17.9 Å². The van der Waals surface area contributed by atoms with Crippen molar-refractivity contribution in [3.8, 4) is 5.82 Å². The molecule has 0 aliphatic carbocycles. The summed E-state index contributed by atoms with van der Waals surface area (Å²) in [6.45, 7) is 3.66. The van der Waals surface area contributed by atoms with Gasteiger partial charge in [-0.15, -0.1) is 0 Å². The van der Waals surface area contributed by atoms with Gasteiger partial charge in [0.1, 0.15) is 11.7 Å². The highest BCUT2D eigenvalue weighted by atomic mass is 16.4. The number of aromatic nitrogens is 3. The Morgan fingerprint density at radius 3 is 2.73 bits per heavy atom. The molecule has 0 bridgehead atoms. The van der Waals surface area contributed by atoms with Crippen molar-refractivity contribution in [2.24, 2.45) is 5.92 Å². The molecule has 2 rings (SSSR count). The van der Waals surface area contributed by atoms with Crippen molar-refractivity contribution in [3.63, 3.8) is 0 Å². The SMILES string of the molecule is CC[C@H](C)[C@H](NC(=O)c1cccc(-n2cccn2)n1)C(=O)O. The maximum Gasteiger partial charge on any atom is 0.326 e. The second kappa shape index (κ2) is 6.84. The minimum absolute atomic E-state index is 0.155. The Morgan fingerprint density at radius 2 is 2.14 bits per heavy atom. The third-order valence-corrected chi connectivity index (χ3v) is 3.47. The molecule has 2 N–H and O–H groups in total. The molecule has 0 aliphatic heterocycles. The summed E-state index contributed by atoms with van der Waals surface area (Å²) in [7, 11) is 0. The Balaban J connectivity index is 2.19. The zero-order valence-electron chi connectivity index (χ0n) is 12.4. The van der Waals surface area contributed by atoms with E-state index in [4.69, 9.17) is 0 Å². The van der Waals surface area contributed by atoms with E-state index in [-0.39, 0.29) is 11.6 Å². The highest BCUT2D eigenvalue weighted by Crippen LogP contribution is 2.10. The maximum atomic E-state index is 12.2. The molecule has 7 nitrogen and oxygen atoms in total. The van der Waals surface area contributed by atoms with Crippen molar-refractivity contribution in [1.82, 2.24) is 20.1 Å². The fourth-order valence-corrected chi connectivity index (χ4v) is 1.98. The largest absolute Gasteiger partial charge is 0.480 e. The van der Waals surface area contributed by atoms with Crippen molar-refractivity contribution in [2.75, 3.05) is 0 Å². The van der Waals surface area contributed by atoms with Gasteiger partial charge in [0.25, 0.3) is 5.91 Å². The molecule has 2 aromatic heterocycles. The fraction of sp³-hybridized carbons (Fsp3) is 0.333. The van der Waals surface area contributed by atoms with Gasteiger partial charge in [-0.25, -0.2) is 14.5 Å². The van der Waals surface area contributed by atoms with Crippen molar-refractivity contribution in [3.05, 3.63) is 42.4 Å². The van der Waals surface area contributed by atoms with Gasteiger partial charge in [-0.3, -0.25) is 4.79 Å². The first-order valence-electron chi connectivity index (χ1n) is 7.03. The predicted octanol–water partition coefficient (Wildman–Crippen LogP) is 1.50. The molecule has 0 aliphatic rings. The maximum absolute atomic E-state index is 12.2. The summed E-state index contributed by atoms with van der Waals surface area (Å²) >= 11 is 0. The van der Waals surface area contributed by atoms with Crippen molar-refractivity contribution in [2.45, 2.75) is 26.3 Å². The standard InChI is InChI=1S/C15H18N4O3/c1-3-10(2)13(15(21)22)18-14(20)11-6-4-7-12(17-11)19-9-5-8-16-19/h4-10,13H,3H2,1-2H3,(H,18,20)(H,21,22)/t10-,13-/m0/s1. The summed E-state index contributed by atoms with van der Waals surface area (Å²) in [5.74, 6) is -1.24. The van der Waals surface area contributed by atoms with Crippen LogP contribution in [0.3, 0.4) is 0 Å². The normalized spacial score (nSPS) is 13.4.